The molecule has 3 aromatic rings. The predicted molar refractivity (Wildman–Crippen MR) is 112 cm³/mol. The molecular weight excluding hydrogens is 394 g/mol. The van der Waals surface area contributed by atoms with E-state index in [4.69, 9.17) is 11.6 Å². The third-order valence-electron chi connectivity index (χ3n) is 4.64. The van der Waals surface area contributed by atoms with Crippen molar-refractivity contribution in [2.75, 3.05) is 41.3 Å². The Morgan fingerprint density at radius 2 is 1.69 bits per heavy atom. The molecule has 0 radical (unpaired) electrons. The first kappa shape index (κ1) is 18.9. The molecule has 1 aliphatic heterocycles. The third-order valence-corrected chi connectivity index (χ3v) is 4.90. The van der Waals surface area contributed by atoms with Gasteiger partial charge in [-0.25, -0.2) is 15.0 Å². The van der Waals surface area contributed by atoms with Crippen LogP contribution in [0.5, 0.6) is 0 Å². The average Bonchev–Trinajstić information content (AvgIpc) is 2.76. The molecule has 0 aliphatic carbocycles. The normalized spacial score (nSPS) is 14.0. The molecule has 4 rings (SSSR count). The SMILES string of the molecule is O=[N+]([O-])c1c(Nc2ccc(Cl)cc2)ncnc1N1CCN(c2ccccn2)CC1. The summed E-state index contributed by atoms with van der Waals surface area (Å²) in [5.74, 6) is 1.35. The first-order valence-electron chi connectivity index (χ1n) is 9.05. The molecule has 0 amide bonds. The Bertz CT molecular complexity index is 993. The molecule has 1 aromatic carbocycles. The Morgan fingerprint density at radius 3 is 2.34 bits per heavy atom. The fourth-order valence-corrected chi connectivity index (χ4v) is 3.34. The molecule has 1 aliphatic rings. The van der Waals surface area contributed by atoms with Crippen molar-refractivity contribution in [2.24, 2.45) is 0 Å². The van der Waals surface area contributed by atoms with Crippen LogP contribution in [0.25, 0.3) is 0 Å². The van der Waals surface area contributed by atoms with Crippen LogP contribution in [-0.4, -0.2) is 46.1 Å². The van der Waals surface area contributed by atoms with Gasteiger partial charge in [0.05, 0.1) is 4.92 Å². The number of benzene rings is 1. The van der Waals surface area contributed by atoms with E-state index < -0.39 is 4.92 Å². The smallest absolute Gasteiger partial charge is 0.353 e. The van der Waals surface area contributed by atoms with Crippen molar-refractivity contribution < 1.29 is 4.92 Å². The highest BCUT2D eigenvalue weighted by atomic mass is 35.5. The van der Waals surface area contributed by atoms with Crippen LogP contribution in [0, 0.1) is 10.1 Å². The summed E-state index contributed by atoms with van der Waals surface area (Å²) in [6, 6.07) is 12.6. The van der Waals surface area contributed by atoms with Gasteiger partial charge >= 0.3 is 5.69 Å². The zero-order valence-electron chi connectivity index (χ0n) is 15.4. The number of rotatable bonds is 5. The standard InChI is InChI=1S/C19H18ClN7O2/c20-14-4-6-15(7-5-14)24-18-17(27(28)29)19(23-13-22-18)26-11-9-25(10-12-26)16-3-1-2-8-21-16/h1-8,13H,9-12H2,(H,22,23,24). The number of nitrogens with zero attached hydrogens (tertiary/aromatic N) is 6. The van der Waals surface area contributed by atoms with Crippen LogP contribution in [0.15, 0.2) is 55.0 Å². The van der Waals surface area contributed by atoms with E-state index in [1.54, 1.807) is 30.5 Å². The zero-order valence-corrected chi connectivity index (χ0v) is 16.2. The fourth-order valence-electron chi connectivity index (χ4n) is 3.22. The van der Waals surface area contributed by atoms with Gasteiger partial charge in [0.25, 0.3) is 0 Å². The van der Waals surface area contributed by atoms with E-state index in [1.807, 2.05) is 23.1 Å². The first-order valence-corrected chi connectivity index (χ1v) is 9.42. The van der Waals surface area contributed by atoms with Crippen LogP contribution in [0.4, 0.5) is 28.8 Å². The number of hydrogen-bond donors (Lipinski definition) is 1. The summed E-state index contributed by atoms with van der Waals surface area (Å²) in [5.41, 5.74) is 0.510. The lowest BCUT2D eigenvalue weighted by Gasteiger charge is -2.35. The van der Waals surface area contributed by atoms with Gasteiger partial charge in [-0.15, -0.1) is 0 Å². The van der Waals surface area contributed by atoms with Gasteiger partial charge in [-0.3, -0.25) is 10.1 Å². The Labute approximate surface area is 172 Å². The highest BCUT2D eigenvalue weighted by molar-refractivity contribution is 6.30. The number of anilines is 4. The molecule has 0 spiro atoms. The molecule has 148 valence electrons. The monoisotopic (exact) mass is 411 g/mol. The second-order valence-electron chi connectivity index (χ2n) is 6.45. The van der Waals surface area contributed by atoms with E-state index in [0.717, 1.165) is 5.82 Å². The minimum Gasteiger partial charge on any atom is -0.353 e. The largest absolute Gasteiger partial charge is 0.353 e. The van der Waals surface area contributed by atoms with Gasteiger partial charge in [0.15, 0.2) is 0 Å². The number of aromatic nitrogens is 3. The van der Waals surface area contributed by atoms with Crippen LogP contribution >= 0.6 is 11.6 Å². The van der Waals surface area contributed by atoms with Gasteiger partial charge in [0.2, 0.25) is 11.6 Å². The first-order chi connectivity index (χ1) is 14.1. The molecule has 1 fully saturated rings. The lowest BCUT2D eigenvalue weighted by atomic mass is 10.2. The number of piperazine rings is 1. The maximum Gasteiger partial charge on any atom is 0.353 e. The Balaban J connectivity index is 1.56. The topological polar surface area (TPSA) is 100 Å². The molecule has 29 heavy (non-hydrogen) atoms. The van der Waals surface area contributed by atoms with Gasteiger partial charge in [-0.05, 0) is 36.4 Å². The average molecular weight is 412 g/mol. The van der Waals surface area contributed by atoms with Crippen molar-refractivity contribution in [1.82, 2.24) is 15.0 Å². The van der Waals surface area contributed by atoms with Gasteiger partial charge in [0.1, 0.15) is 12.1 Å². The summed E-state index contributed by atoms with van der Waals surface area (Å²) in [6.45, 7) is 2.57. The Hall–Kier alpha value is -3.46. The summed E-state index contributed by atoms with van der Waals surface area (Å²) in [4.78, 5) is 28.1. The highest BCUT2D eigenvalue weighted by Gasteiger charge is 2.29. The highest BCUT2D eigenvalue weighted by Crippen LogP contribution is 2.34. The maximum atomic E-state index is 11.8. The lowest BCUT2D eigenvalue weighted by Crippen LogP contribution is -2.47. The van der Waals surface area contributed by atoms with E-state index in [-0.39, 0.29) is 11.5 Å². The van der Waals surface area contributed by atoms with Crippen molar-refractivity contribution >= 4 is 40.4 Å². The van der Waals surface area contributed by atoms with Gasteiger partial charge in [-0.1, -0.05) is 17.7 Å². The van der Waals surface area contributed by atoms with E-state index in [9.17, 15) is 10.1 Å². The van der Waals surface area contributed by atoms with Crippen LogP contribution in [-0.2, 0) is 0 Å². The molecule has 0 atom stereocenters. The van der Waals surface area contributed by atoms with Crippen molar-refractivity contribution in [3.8, 4) is 0 Å². The summed E-state index contributed by atoms with van der Waals surface area (Å²) in [7, 11) is 0. The van der Waals surface area contributed by atoms with E-state index >= 15 is 0 Å². The third kappa shape index (κ3) is 4.19. The molecule has 9 nitrogen and oxygen atoms in total. The number of nitrogens with one attached hydrogen (secondary N) is 1. The minimum atomic E-state index is -0.446. The lowest BCUT2D eigenvalue weighted by molar-refractivity contribution is -0.383. The molecule has 10 heteroatoms. The molecule has 0 unspecified atom stereocenters. The summed E-state index contributed by atoms with van der Waals surface area (Å²) >= 11 is 5.90. The summed E-state index contributed by atoms with van der Waals surface area (Å²) in [5, 5.41) is 15.4. The molecule has 1 N–H and O–H groups in total. The quantitative estimate of drug-likeness (QED) is 0.503. The maximum absolute atomic E-state index is 11.8. The van der Waals surface area contributed by atoms with Crippen molar-refractivity contribution in [2.45, 2.75) is 0 Å². The molecular formula is C19H18ClN7O2. The predicted octanol–water partition coefficient (Wildman–Crippen LogP) is 3.50. The summed E-state index contributed by atoms with van der Waals surface area (Å²) < 4.78 is 0. The van der Waals surface area contributed by atoms with Crippen LogP contribution < -0.4 is 15.1 Å². The van der Waals surface area contributed by atoms with Crippen molar-refractivity contribution in [1.29, 1.82) is 0 Å². The number of nitro groups is 1. The summed E-state index contributed by atoms with van der Waals surface area (Å²) in [6.07, 6.45) is 3.09. The molecule has 2 aromatic heterocycles. The van der Waals surface area contributed by atoms with Crippen molar-refractivity contribution in [3.05, 3.63) is 70.1 Å². The molecule has 3 heterocycles. The van der Waals surface area contributed by atoms with Crippen LogP contribution in [0.3, 0.4) is 0 Å². The van der Waals surface area contributed by atoms with Crippen LogP contribution in [0.2, 0.25) is 5.02 Å². The van der Waals surface area contributed by atoms with Gasteiger partial charge in [0, 0.05) is 43.1 Å². The zero-order chi connectivity index (χ0) is 20.2. The van der Waals surface area contributed by atoms with Crippen molar-refractivity contribution in [3.63, 3.8) is 0 Å². The molecule has 1 saturated heterocycles. The van der Waals surface area contributed by atoms with Gasteiger partial charge in [-0.2, -0.15) is 0 Å². The number of pyridine rings is 1. The van der Waals surface area contributed by atoms with E-state index in [2.05, 4.69) is 25.2 Å². The molecule has 0 bridgehead atoms. The second kappa shape index (κ2) is 8.27. The second-order valence-corrected chi connectivity index (χ2v) is 6.88. The van der Waals surface area contributed by atoms with E-state index in [1.165, 1.54) is 6.33 Å². The van der Waals surface area contributed by atoms with E-state index in [0.29, 0.717) is 42.7 Å². The Kier molecular flexibility index (Phi) is 5.39. The minimum absolute atomic E-state index is 0.145. The number of hydrogen-bond acceptors (Lipinski definition) is 8. The van der Waals surface area contributed by atoms with Gasteiger partial charge < -0.3 is 15.1 Å². The van der Waals surface area contributed by atoms with Crippen LogP contribution in [0.1, 0.15) is 0 Å². The fraction of sp³-hybridized carbons (Fsp3) is 0.211. The Morgan fingerprint density at radius 1 is 0.966 bits per heavy atom. The molecule has 0 saturated carbocycles. The number of halogens is 1.